The van der Waals surface area contributed by atoms with E-state index in [1.807, 2.05) is 29.0 Å². The van der Waals surface area contributed by atoms with Crippen LogP contribution in [0, 0.1) is 0 Å². The predicted molar refractivity (Wildman–Crippen MR) is 121 cm³/mol. The maximum atomic E-state index is 13.1. The molecule has 0 saturated heterocycles. The van der Waals surface area contributed by atoms with E-state index in [1.54, 1.807) is 18.2 Å². The topological polar surface area (TPSA) is 84.5 Å². The number of halogens is 1. The molecule has 1 aliphatic rings. The van der Waals surface area contributed by atoms with Gasteiger partial charge in [-0.1, -0.05) is 23.7 Å². The van der Waals surface area contributed by atoms with Crippen LogP contribution in [0.1, 0.15) is 40.4 Å². The lowest BCUT2D eigenvalue weighted by atomic mass is 10.0. The fourth-order valence-electron chi connectivity index (χ4n) is 3.18. The highest BCUT2D eigenvalue weighted by atomic mass is 35.5. The molecule has 1 aromatic heterocycles. The van der Waals surface area contributed by atoms with Gasteiger partial charge in [0.25, 0.3) is 5.91 Å². The first kappa shape index (κ1) is 21.8. The third-order valence-corrected chi connectivity index (χ3v) is 7.46. The molecule has 162 valence electrons. The predicted octanol–water partition coefficient (Wildman–Crippen LogP) is 4.37. The number of nitrogens with one attached hydrogen (secondary N) is 2. The Morgan fingerprint density at radius 1 is 1.13 bits per heavy atom. The van der Waals surface area contributed by atoms with Gasteiger partial charge in [-0.2, -0.15) is 11.3 Å². The standard InChI is InChI=1S/C22H21ClN2O4S2/c1-29-19-9-4-15(12-20(19)31(27,28)25-18-7-8-18)22(26)24-21(16-10-11-30-13-16)14-2-5-17(23)6-3-14/h2-6,9-13,18,21,25H,7-8H2,1H3,(H,24,26)/t21-/m0/s1. The van der Waals surface area contributed by atoms with Gasteiger partial charge in [-0.05, 0) is 71.1 Å². The highest BCUT2D eigenvalue weighted by Crippen LogP contribution is 2.30. The number of benzene rings is 2. The van der Waals surface area contributed by atoms with Gasteiger partial charge in [-0.15, -0.1) is 0 Å². The first-order valence-corrected chi connectivity index (χ1v) is 12.5. The number of methoxy groups -OCH3 is 1. The number of rotatable bonds is 8. The van der Waals surface area contributed by atoms with Crippen molar-refractivity contribution in [1.82, 2.24) is 10.0 Å². The van der Waals surface area contributed by atoms with Crippen LogP contribution >= 0.6 is 22.9 Å². The molecule has 1 atom stereocenters. The van der Waals surface area contributed by atoms with Crippen LogP contribution in [0.15, 0.2) is 64.2 Å². The van der Waals surface area contributed by atoms with Gasteiger partial charge in [0.05, 0.1) is 13.2 Å². The van der Waals surface area contributed by atoms with E-state index in [4.69, 9.17) is 16.3 Å². The average molecular weight is 477 g/mol. The van der Waals surface area contributed by atoms with E-state index < -0.39 is 22.0 Å². The number of sulfonamides is 1. The van der Waals surface area contributed by atoms with Gasteiger partial charge in [0.15, 0.2) is 0 Å². The Labute approximate surface area is 190 Å². The molecular weight excluding hydrogens is 456 g/mol. The van der Waals surface area contributed by atoms with E-state index in [0.29, 0.717) is 5.02 Å². The molecule has 1 saturated carbocycles. The lowest BCUT2D eigenvalue weighted by molar-refractivity contribution is 0.0942. The molecule has 9 heteroatoms. The SMILES string of the molecule is COc1ccc(C(=O)N[C@@H](c2ccc(Cl)cc2)c2ccsc2)cc1S(=O)(=O)NC1CC1. The summed E-state index contributed by atoms with van der Waals surface area (Å²) in [6.45, 7) is 0. The first-order valence-electron chi connectivity index (χ1n) is 9.66. The summed E-state index contributed by atoms with van der Waals surface area (Å²) in [7, 11) is -2.39. The summed E-state index contributed by atoms with van der Waals surface area (Å²) in [6, 6.07) is 13.1. The number of ether oxygens (including phenoxy) is 1. The van der Waals surface area contributed by atoms with Crippen molar-refractivity contribution in [2.24, 2.45) is 0 Å². The van der Waals surface area contributed by atoms with Crippen molar-refractivity contribution < 1.29 is 17.9 Å². The molecular formula is C22H21ClN2O4S2. The third-order valence-electron chi connectivity index (χ3n) is 4.97. The second-order valence-corrected chi connectivity index (χ2v) is 10.2. The molecule has 3 aromatic rings. The molecule has 1 amide bonds. The number of carbonyl (C=O) groups excluding carboxylic acids is 1. The average Bonchev–Trinajstić information content (AvgIpc) is 3.39. The molecule has 1 heterocycles. The number of thiophene rings is 1. The number of carbonyl (C=O) groups is 1. The largest absolute Gasteiger partial charge is 0.495 e. The molecule has 0 unspecified atom stereocenters. The van der Waals surface area contributed by atoms with Crippen molar-refractivity contribution >= 4 is 38.9 Å². The van der Waals surface area contributed by atoms with Crippen LogP contribution < -0.4 is 14.8 Å². The molecule has 4 rings (SSSR count). The Balaban J connectivity index is 1.64. The monoisotopic (exact) mass is 476 g/mol. The summed E-state index contributed by atoms with van der Waals surface area (Å²) in [4.78, 5) is 13.1. The number of hydrogen-bond acceptors (Lipinski definition) is 5. The third kappa shape index (κ3) is 5.10. The lowest BCUT2D eigenvalue weighted by Gasteiger charge is -2.19. The fraction of sp³-hybridized carbons (Fsp3) is 0.227. The molecule has 2 aromatic carbocycles. The molecule has 6 nitrogen and oxygen atoms in total. The number of amides is 1. The lowest BCUT2D eigenvalue weighted by Crippen LogP contribution is -2.30. The van der Waals surface area contributed by atoms with E-state index in [2.05, 4.69) is 10.0 Å². The smallest absolute Gasteiger partial charge is 0.252 e. The van der Waals surface area contributed by atoms with Crippen molar-refractivity contribution in [3.63, 3.8) is 0 Å². The maximum Gasteiger partial charge on any atom is 0.252 e. The summed E-state index contributed by atoms with van der Waals surface area (Å²) in [6.07, 6.45) is 1.62. The van der Waals surface area contributed by atoms with Gasteiger partial charge in [0.1, 0.15) is 10.6 Å². The quantitative estimate of drug-likeness (QED) is 0.505. The molecule has 2 N–H and O–H groups in total. The number of hydrogen-bond donors (Lipinski definition) is 2. The van der Waals surface area contributed by atoms with Crippen LogP contribution in [0.2, 0.25) is 5.02 Å². The van der Waals surface area contributed by atoms with Gasteiger partial charge in [0, 0.05) is 16.6 Å². The molecule has 1 fully saturated rings. The van der Waals surface area contributed by atoms with Gasteiger partial charge < -0.3 is 10.1 Å². The zero-order chi connectivity index (χ0) is 22.0. The zero-order valence-corrected chi connectivity index (χ0v) is 19.1. The summed E-state index contributed by atoms with van der Waals surface area (Å²) >= 11 is 7.54. The van der Waals surface area contributed by atoms with Crippen molar-refractivity contribution in [1.29, 1.82) is 0 Å². The molecule has 0 radical (unpaired) electrons. The Bertz CT molecular complexity index is 1170. The van der Waals surface area contributed by atoms with Gasteiger partial charge >= 0.3 is 0 Å². The van der Waals surface area contributed by atoms with Crippen molar-refractivity contribution in [2.75, 3.05) is 7.11 Å². The van der Waals surface area contributed by atoms with Gasteiger partial charge in [0.2, 0.25) is 10.0 Å². The summed E-state index contributed by atoms with van der Waals surface area (Å²) < 4.78 is 33.4. The second kappa shape index (κ2) is 9.00. The molecule has 31 heavy (non-hydrogen) atoms. The zero-order valence-electron chi connectivity index (χ0n) is 16.7. The second-order valence-electron chi connectivity index (χ2n) is 7.28. The Morgan fingerprint density at radius 3 is 2.48 bits per heavy atom. The van der Waals surface area contributed by atoms with Crippen LogP contribution in [-0.2, 0) is 10.0 Å². The minimum atomic E-state index is -3.79. The molecule has 0 spiro atoms. The van der Waals surface area contributed by atoms with E-state index in [1.165, 1.54) is 30.6 Å². The van der Waals surface area contributed by atoms with Gasteiger partial charge in [-0.25, -0.2) is 13.1 Å². The normalized spacial score (nSPS) is 14.8. The highest BCUT2D eigenvalue weighted by molar-refractivity contribution is 7.89. The minimum absolute atomic E-state index is 0.0480. The minimum Gasteiger partial charge on any atom is -0.495 e. The Kier molecular flexibility index (Phi) is 6.34. The summed E-state index contributed by atoms with van der Waals surface area (Å²) in [5.74, 6) is -0.200. The highest BCUT2D eigenvalue weighted by Gasteiger charge is 2.30. The van der Waals surface area contributed by atoms with Crippen LogP contribution in [-0.4, -0.2) is 27.5 Å². The summed E-state index contributed by atoms with van der Waals surface area (Å²) in [5, 5.41) is 7.51. The first-order chi connectivity index (χ1) is 14.9. The maximum absolute atomic E-state index is 13.1. The van der Waals surface area contributed by atoms with Crippen molar-refractivity contribution in [3.8, 4) is 5.75 Å². The van der Waals surface area contributed by atoms with E-state index >= 15 is 0 Å². The van der Waals surface area contributed by atoms with Crippen LogP contribution in [0.4, 0.5) is 0 Å². The van der Waals surface area contributed by atoms with Crippen LogP contribution in [0.25, 0.3) is 0 Å². The van der Waals surface area contributed by atoms with Crippen LogP contribution in [0.5, 0.6) is 5.75 Å². The Hall–Kier alpha value is -2.39. The van der Waals surface area contributed by atoms with E-state index in [0.717, 1.165) is 24.0 Å². The molecule has 0 bridgehead atoms. The van der Waals surface area contributed by atoms with Crippen molar-refractivity contribution in [2.45, 2.75) is 29.8 Å². The van der Waals surface area contributed by atoms with Crippen molar-refractivity contribution in [3.05, 3.63) is 81.0 Å². The van der Waals surface area contributed by atoms with Crippen LogP contribution in [0.3, 0.4) is 0 Å². The Morgan fingerprint density at radius 2 is 1.87 bits per heavy atom. The van der Waals surface area contributed by atoms with E-state index in [-0.39, 0.29) is 22.3 Å². The fourth-order valence-corrected chi connectivity index (χ4v) is 5.49. The molecule has 1 aliphatic carbocycles. The van der Waals surface area contributed by atoms with Gasteiger partial charge in [-0.3, -0.25) is 4.79 Å². The molecule has 0 aliphatic heterocycles. The summed E-state index contributed by atoms with van der Waals surface area (Å²) in [5.41, 5.74) is 2.02. The van der Waals surface area contributed by atoms with E-state index in [9.17, 15) is 13.2 Å².